The molecule has 0 aliphatic rings. The number of carbonyl (C=O) groups is 1. The number of hydrogen-bond donors (Lipinski definition) is 2. The first-order valence-electron chi connectivity index (χ1n) is 8.10. The lowest BCUT2D eigenvalue weighted by molar-refractivity contribution is 0.102. The maximum atomic E-state index is 12.5. The highest BCUT2D eigenvalue weighted by Gasteiger charge is 2.15. The number of rotatable bonds is 5. The number of carbonyl (C=O) groups excluding carboxylic acids is 1. The van der Waals surface area contributed by atoms with Gasteiger partial charge in [0.15, 0.2) is 0 Å². The summed E-state index contributed by atoms with van der Waals surface area (Å²) < 4.78 is 28.4. The lowest BCUT2D eigenvalue weighted by Crippen LogP contribution is -2.14. The fourth-order valence-electron chi connectivity index (χ4n) is 2.40. The highest BCUT2D eigenvalue weighted by atomic mass is 127. The van der Waals surface area contributed by atoms with Gasteiger partial charge in [-0.3, -0.25) is 9.52 Å². The van der Waals surface area contributed by atoms with E-state index in [0.29, 0.717) is 16.9 Å². The van der Waals surface area contributed by atoms with Crippen molar-refractivity contribution in [2.75, 3.05) is 10.0 Å². The monoisotopic (exact) mass is 492 g/mol. The molecule has 5 nitrogen and oxygen atoms in total. The number of sulfonamides is 1. The van der Waals surface area contributed by atoms with E-state index in [-0.39, 0.29) is 10.8 Å². The molecule has 0 heterocycles. The van der Waals surface area contributed by atoms with E-state index in [1.54, 1.807) is 36.4 Å². The summed E-state index contributed by atoms with van der Waals surface area (Å²) in [4.78, 5) is 12.5. The Morgan fingerprint density at radius 1 is 0.852 bits per heavy atom. The fourth-order valence-corrected chi connectivity index (χ4v) is 4.09. The van der Waals surface area contributed by atoms with E-state index in [0.717, 1.165) is 9.13 Å². The minimum absolute atomic E-state index is 0.121. The molecule has 2 N–H and O–H groups in total. The van der Waals surface area contributed by atoms with E-state index >= 15 is 0 Å². The first-order chi connectivity index (χ1) is 12.8. The second kappa shape index (κ2) is 8.10. The quantitative estimate of drug-likeness (QED) is 0.510. The van der Waals surface area contributed by atoms with Crippen LogP contribution in [0.15, 0.2) is 77.7 Å². The average Bonchev–Trinajstić information content (AvgIpc) is 2.64. The van der Waals surface area contributed by atoms with Crippen molar-refractivity contribution in [2.24, 2.45) is 0 Å². The molecule has 27 heavy (non-hydrogen) atoms. The van der Waals surface area contributed by atoms with Gasteiger partial charge in [-0.05, 0) is 78.0 Å². The molecule has 0 aromatic heterocycles. The topological polar surface area (TPSA) is 75.3 Å². The Morgan fingerprint density at radius 2 is 1.44 bits per heavy atom. The van der Waals surface area contributed by atoms with Crippen LogP contribution in [0.1, 0.15) is 15.9 Å². The van der Waals surface area contributed by atoms with Crippen molar-refractivity contribution in [3.8, 4) is 0 Å². The number of hydrogen-bond acceptors (Lipinski definition) is 3. The van der Waals surface area contributed by atoms with E-state index in [4.69, 9.17) is 0 Å². The molecule has 3 aromatic rings. The number of amides is 1. The summed E-state index contributed by atoms with van der Waals surface area (Å²) in [5, 5.41) is 2.77. The average molecular weight is 492 g/mol. The second-order valence-electron chi connectivity index (χ2n) is 5.93. The van der Waals surface area contributed by atoms with Gasteiger partial charge in [-0.15, -0.1) is 0 Å². The van der Waals surface area contributed by atoms with Gasteiger partial charge >= 0.3 is 0 Å². The van der Waals surface area contributed by atoms with Gasteiger partial charge in [-0.2, -0.15) is 0 Å². The number of aryl methyl sites for hydroxylation is 1. The van der Waals surface area contributed by atoms with Gasteiger partial charge in [0.2, 0.25) is 0 Å². The van der Waals surface area contributed by atoms with E-state index in [1.807, 2.05) is 31.2 Å². The first-order valence-corrected chi connectivity index (χ1v) is 10.7. The fraction of sp³-hybridized carbons (Fsp3) is 0.0500. The lowest BCUT2D eigenvalue weighted by Gasteiger charge is -2.10. The van der Waals surface area contributed by atoms with Crippen molar-refractivity contribution in [2.45, 2.75) is 11.8 Å². The van der Waals surface area contributed by atoms with Crippen molar-refractivity contribution in [3.05, 3.63) is 87.5 Å². The zero-order chi connectivity index (χ0) is 19.4. The Morgan fingerprint density at radius 3 is 2.07 bits per heavy atom. The van der Waals surface area contributed by atoms with Gasteiger partial charge in [-0.25, -0.2) is 8.42 Å². The number of anilines is 2. The van der Waals surface area contributed by atoms with Crippen LogP contribution in [-0.4, -0.2) is 14.3 Å². The Hall–Kier alpha value is -2.39. The normalized spacial score (nSPS) is 11.0. The number of nitrogens with one attached hydrogen (secondary N) is 2. The SMILES string of the molecule is Cc1ccc(NS(=O)(=O)c2ccc(NC(=O)c3ccccc3I)cc2)cc1. The van der Waals surface area contributed by atoms with Crippen LogP contribution in [0.4, 0.5) is 11.4 Å². The minimum Gasteiger partial charge on any atom is -0.322 e. The Bertz CT molecular complexity index is 1060. The molecule has 0 spiro atoms. The molecule has 0 unspecified atom stereocenters. The van der Waals surface area contributed by atoms with Crippen LogP contribution in [0, 0.1) is 10.5 Å². The Balaban J connectivity index is 1.73. The van der Waals surface area contributed by atoms with E-state index in [9.17, 15) is 13.2 Å². The molecule has 0 aliphatic carbocycles. The van der Waals surface area contributed by atoms with Crippen molar-refractivity contribution < 1.29 is 13.2 Å². The van der Waals surface area contributed by atoms with E-state index < -0.39 is 10.0 Å². The summed E-state index contributed by atoms with van der Waals surface area (Å²) in [5.41, 5.74) is 2.63. The third kappa shape index (κ3) is 4.86. The predicted octanol–water partition coefficient (Wildman–Crippen LogP) is 4.65. The largest absolute Gasteiger partial charge is 0.322 e. The summed E-state index contributed by atoms with van der Waals surface area (Å²) in [7, 11) is -3.69. The molecule has 3 aromatic carbocycles. The van der Waals surface area contributed by atoms with Crippen LogP contribution in [0.3, 0.4) is 0 Å². The smallest absolute Gasteiger partial charge is 0.261 e. The van der Waals surface area contributed by atoms with Crippen LogP contribution >= 0.6 is 22.6 Å². The first kappa shape index (κ1) is 19.4. The van der Waals surface area contributed by atoms with Gasteiger partial charge in [0.05, 0.1) is 10.5 Å². The van der Waals surface area contributed by atoms with Crippen LogP contribution in [0.2, 0.25) is 0 Å². The molecule has 0 fully saturated rings. The molecule has 3 rings (SSSR count). The van der Waals surface area contributed by atoms with Gasteiger partial charge in [0, 0.05) is 14.9 Å². The van der Waals surface area contributed by atoms with Crippen molar-refractivity contribution in [3.63, 3.8) is 0 Å². The molecule has 0 aliphatic heterocycles. The number of halogens is 1. The highest BCUT2D eigenvalue weighted by Crippen LogP contribution is 2.20. The van der Waals surface area contributed by atoms with E-state index in [1.165, 1.54) is 12.1 Å². The summed E-state index contributed by atoms with van der Waals surface area (Å²) >= 11 is 2.10. The summed E-state index contributed by atoms with van der Waals surface area (Å²) in [5.74, 6) is -0.242. The van der Waals surface area contributed by atoms with Crippen LogP contribution in [0.5, 0.6) is 0 Å². The van der Waals surface area contributed by atoms with Crippen LogP contribution in [-0.2, 0) is 10.0 Å². The molecule has 138 valence electrons. The molecule has 0 bridgehead atoms. The Labute approximate surface area is 172 Å². The van der Waals surface area contributed by atoms with Crippen molar-refractivity contribution in [1.29, 1.82) is 0 Å². The maximum absolute atomic E-state index is 12.5. The zero-order valence-electron chi connectivity index (χ0n) is 14.4. The van der Waals surface area contributed by atoms with Gasteiger partial charge in [0.1, 0.15) is 0 Å². The molecular weight excluding hydrogens is 475 g/mol. The second-order valence-corrected chi connectivity index (χ2v) is 8.77. The summed E-state index contributed by atoms with van der Waals surface area (Å²) in [6.45, 7) is 1.93. The zero-order valence-corrected chi connectivity index (χ0v) is 17.4. The maximum Gasteiger partial charge on any atom is 0.261 e. The predicted molar refractivity (Wildman–Crippen MR) is 116 cm³/mol. The number of benzene rings is 3. The molecular formula is C20H17IN2O3S. The van der Waals surface area contributed by atoms with Gasteiger partial charge in [-0.1, -0.05) is 29.8 Å². The standard InChI is InChI=1S/C20H17IN2O3S/c1-14-6-8-16(9-7-14)23-27(25,26)17-12-10-15(11-13-17)22-20(24)18-4-2-3-5-19(18)21/h2-13,23H,1H3,(H,22,24). The van der Waals surface area contributed by atoms with Crippen LogP contribution in [0.25, 0.3) is 0 Å². The molecule has 7 heteroatoms. The highest BCUT2D eigenvalue weighted by molar-refractivity contribution is 14.1. The van der Waals surface area contributed by atoms with Gasteiger partial charge < -0.3 is 5.32 Å². The molecule has 0 saturated heterocycles. The third-order valence-corrected chi connectivity index (χ3v) is 6.18. The molecule has 0 radical (unpaired) electrons. The third-order valence-electron chi connectivity index (χ3n) is 3.84. The molecule has 0 saturated carbocycles. The summed E-state index contributed by atoms with van der Waals surface area (Å²) in [6, 6.07) is 20.4. The van der Waals surface area contributed by atoms with E-state index in [2.05, 4.69) is 32.6 Å². The minimum atomic E-state index is -3.69. The molecule has 0 atom stereocenters. The lowest BCUT2D eigenvalue weighted by atomic mass is 10.2. The van der Waals surface area contributed by atoms with Crippen LogP contribution < -0.4 is 10.0 Å². The Kier molecular flexibility index (Phi) is 5.81. The van der Waals surface area contributed by atoms with Gasteiger partial charge in [0.25, 0.3) is 15.9 Å². The summed E-state index contributed by atoms with van der Waals surface area (Å²) in [6.07, 6.45) is 0. The molecule has 1 amide bonds. The van der Waals surface area contributed by atoms with Crippen molar-refractivity contribution in [1.82, 2.24) is 0 Å². The van der Waals surface area contributed by atoms with Crippen molar-refractivity contribution >= 4 is 49.9 Å².